The number of nitro benzene ring substituents is 1. The molecule has 0 bridgehead atoms. The molecule has 0 fully saturated rings. The van der Waals surface area contributed by atoms with Gasteiger partial charge in [-0.1, -0.05) is 30.3 Å². The zero-order valence-corrected chi connectivity index (χ0v) is 11.9. The van der Waals surface area contributed by atoms with E-state index in [4.69, 9.17) is 10.2 Å². The summed E-state index contributed by atoms with van der Waals surface area (Å²) in [5, 5.41) is 11.7. The standard InChI is InChI=1S/C17H12N2O4/c18-13-7-5-11(9-14(13)19(21)22)6-8-15(20)17-10-12-3-1-2-4-16(12)23-17/h1-10H,18H2. The van der Waals surface area contributed by atoms with Crippen molar-refractivity contribution in [2.75, 3.05) is 5.73 Å². The largest absolute Gasteiger partial charge is 0.453 e. The molecule has 2 aromatic carbocycles. The molecule has 1 heterocycles. The van der Waals surface area contributed by atoms with Crippen molar-refractivity contribution in [1.29, 1.82) is 0 Å². The van der Waals surface area contributed by atoms with E-state index in [1.54, 1.807) is 18.2 Å². The number of rotatable bonds is 4. The molecule has 0 saturated heterocycles. The van der Waals surface area contributed by atoms with Gasteiger partial charge in [0.15, 0.2) is 5.76 Å². The van der Waals surface area contributed by atoms with E-state index in [-0.39, 0.29) is 22.9 Å². The van der Waals surface area contributed by atoms with Crippen molar-refractivity contribution < 1.29 is 14.1 Å². The summed E-state index contributed by atoms with van der Waals surface area (Å²) in [6.07, 6.45) is 2.80. The van der Waals surface area contributed by atoms with Gasteiger partial charge in [-0.25, -0.2) is 0 Å². The minimum absolute atomic E-state index is 0.0794. The third kappa shape index (κ3) is 2.96. The third-order valence-corrected chi connectivity index (χ3v) is 3.35. The maximum atomic E-state index is 12.1. The highest BCUT2D eigenvalue weighted by atomic mass is 16.6. The number of allylic oxidation sites excluding steroid dienone is 1. The zero-order chi connectivity index (χ0) is 16.4. The number of carbonyl (C=O) groups is 1. The van der Waals surface area contributed by atoms with Gasteiger partial charge in [-0.05, 0) is 29.8 Å². The summed E-state index contributed by atoms with van der Waals surface area (Å²) in [6, 6.07) is 13.3. The highest BCUT2D eigenvalue weighted by molar-refractivity contribution is 6.07. The normalized spacial score (nSPS) is 11.1. The first-order chi connectivity index (χ1) is 11.0. The molecule has 0 spiro atoms. The maximum absolute atomic E-state index is 12.1. The summed E-state index contributed by atoms with van der Waals surface area (Å²) < 4.78 is 5.47. The van der Waals surface area contributed by atoms with Gasteiger partial charge in [-0.3, -0.25) is 14.9 Å². The highest BCUT2D eigenvalue weighted by Gasteiger charge is 2.12. The number of nitro groups is 1. The number of fused-ring (bicyclic) bond motifs is 1. The van der Waals surface area contributed by atoms with E-state index in [9.17, 15) is 14.9 Å². The number of ketones is 1. The van der Waals surface area contributed by atoms with Gasteiger partial charge in [0.1, 0.15) is 11.3 Å². The number of hydrogen-bond acceptors (Lipinski definition) is 5. The van der Waals surface area contributed by atoms with Crippen LogP contribution in [0.3, 0.4) is 0 Å². The molecule has 3 rings (SSSR count). The number of nitrogens with two attached hydrogens (primary N) is 1. The lowest BCUT2D eigenvalue weighted by Gasteiger charge is -1.98. The SMILES string of the molecule is Nc1ccc(C=CC(=O)c2cc3ccccc3o2)cc1[N+](=O)[O-]. The van der Waals surface area contributed by atoms with Crippen molar-refractivity contribution in [3.8, 4) is 0 Å². The van der Waals surface area contributed by atoms with E-state index < -0.39 is 4.92 Å². The van der Waals surface area contributed by atoms with E-state index in [2.05, 4.69) is 0 Å². The second-order valence-electron chi connectivity index (χ2n) is 4.92. The van der Waals surface area contributed by atoms with Gasteiger partial charge in [0.25, 0.3) is 5.69 Å². The Morgan fingerprint density at radius 2 is 1.96 bits per heavy atom. The van der Waals surface area contributed by atoms with Crippen LogP contribution in [0.2, 0.25) is 0 Å². The number of anilines is 1. The van der Waals surface area contributed by atoms with Crippen LogP contribution in [-0.2, 0) is 0 Å². The summed E-state index contributed by atoms with van der Waals surface area (Å²) in [6.45, 7) is 0. The number of nitrogens with zero attached hydrogens (tertiary/aromatic N) is 1. The smallest absolute Gasteiger partial charge is 0.292 e. The Balaban J connectivity index is 1.86. The van der Waals surface area contributed by atoms with Gasteiger partial charge in [-0.15, -0.1) is 0 Å². The summed E-state index contributed by atoms with van der Waals surface area (Å²) >= 11 is 0. The van der Waals surface area contributed by atoms with Gasteiger partial charge in [-0.2, -0.15) is 0 Å². The van der Waals surface area contributed by atoms with E-state index >= 15 is 0 Å². The Bertz CT molecular complexity index is 908. The molecule has 6 heteroatoms. The predicted octanol–water partition coefficient (Wildman–Crippen LogP) is 3.82. The lowest BCUT2D eigenvalue weighted by molar-refractivity contribution is -0.383. The minimum atomic E-state index is -0.562. The van der Waals surface area contributed by atoms with Crippen molar-refractivity contribution in [3.05, 3.63) is 76.0 Å². The molecule has 1 aromatic heterocycles. The summed E-state index contributed by atoms with van der Waals surface area (Å²) in [4.78, 5) is 22.4. The van der Waals surface area contributed by atoms with Crippen LogP contribution in [-0.4, -0.2) is 10.7 Å². The summed E-state index contributed by atoms with van der Waals surface area (Å²) in [5.41, 5.74) is 6.56. The van der Waals surface area contributed by atoms with Crippen LogP contribution in [0, 0.1) is 10.1 Å². The van der Waals surface area contributed by atoms with Crippen LogP contribution in [0.25, 0.3) is 17.0 Å². The maximum Gasteiger partial charge on any atom is 0.292 e. The molecule has 0 saturated carbocycles. The van der Waals surface area contributed by atoms with Crippen molar-refractivity contribution in [2.45, 2.75) is 0 Å². The Labute approximate surface area is 131 Å². The van der Waals surface area contributed by atoms with E-state index in [1.165, 1.54) is 24.3 Å². The molecule has 0 atom stereocenters. The van der Waals surface area contributed by atoms with E-state index in [0.29, 0.717) is 11.1 Å². The van der Waals surface area contributed by atoms with Crippen LogP contribution in [0.4, 0.5) is 11.4 Å². The van der Waals surface area contributed by atoms with Crippen LogP contribution in [0.15, 0.2) is 59.0 Å². The van der Waals surface area contributed by atoms with Gasteiger partial charge < -0.3 is 10.2 Å². The molecule has 23 heavy (non-hydrogen) atoms. The number of carbonyl (C=O) groups excluding carboxylic acids is 1. The fourth-order valence-electron chi connectivity index (χ4n) is 2.18. The number of hydrogen-bond donors (Lipinski definition) is 1. The molecule has 114 valence electrons. The Hall–Kier alpha value is -3.41. The molecule has 0 aliphatic heterocycles. The number of para-hydroxylation sites is 1. The van der Waals surface area contributed by atoms with Crippen molar-refractivity contribution in [2.24, 2.45) is 0 Å². The topological polar surface area (TPSA) is 99.4 Å². The van der Waals surface area contributed by atoms with E-state index in [0.717, 1.165) is 5.39 Å². The monoisotopic (exact) mass is 308 g/mol. The highest BCUT2D eigenvalue weighted by Crippen LogP contribution is 2.23. The van der Waals surface area contributed by atoms with Crippen molar-refractivity contribution in [3.63, 3.8) is 0 Å². The lowest BCUT2D eigenvalue weighted by atomic mass is 10.1. The summed E-state index contributed by atoms with van der Waals surface area (Å²) in [5.74, 6) is -0.104. The third-order valence-electron chi connectivity index (χ3n) is 3.35. The van der Waals surface area contributed by atoms with Gasteiger partial charge >= 0.3 is 0 Å². The average molecular weight is 308 g/mol. The Morgan fingerprint density at radius 1 is 1.17 bits per heavy atom. The zero-order valence-electron chi connectivity index (χ0n) is 11.9. The predicted molar refractivity (Wildman–Crippen MR) is 87.1 cm³/mol. The lowest BCUT2D eigenvalue weighted by Crippen LogP contribution is -1.96. The fourth-order valence-corrected chi connectivity index (χ4v) is 2.18. The quantitative estimate of drug-likeness (QED) is 0.260. The molecule has 0 aliphatic carbocycles. The molecule has 0 amide bonds. The molecular formula is C17H12N2O4. The second kappa shape index (κ2) is 5.76. The summed E-state index contributed by atoms with van der Waals surface area (Å²) in [7, 11) is 0. The molecule has 6 nitrogen and oxygen atoms in total. The molecule has 0 radical (unpaired) electrons. The Morgan fingerprint density at radius 3 is 2.70 bits per heavy atom. The molecular weight excluding hydrogens is 296 g/mol. The molecule has 0 unspecified atom stereocenters. The first-order valence-corrected chi connectivity index (χ1v) is 6.79. The number of benzene rings is 2. The van der Waals surface area contributed by atoms with Crippen LogP contribution in [0.5, 0.6) is 0 Å². The minimum Gasteiger partial charge on any atom is -0.453 e. The number of nitrogen functional groups attached to an aromatic ring is 1. The van der Waals surface area contributed by atoms with Crippen molar-refractivity contribution >= 4 is 34.2 Å². The van der Waals surface area contributed by atoms with Gasteiger partial charge in [0, 0.05) is 11.5 Å². The average Bonchev–Trinajstić information content (AvgIpc) is 2.97. The Kier molecular flexibility index (Phi) is 3.64. The first kappa shape index (κ1) is 14.5. The van der Waals surface area contributed by atoms with Crippen LogP contribution >= 0.6 is 0 Å². The number of furan rings is 1. The fraction of sp³-hybridized carbons (Fsp3) is 0. The van der Waals surface area contributed by atoms with Crippen molar-refractivity contribution in [1.82, 2.24) is 0 Å². The van der Waals surface area contributed by atoms with Crippen LogP contribution < -0.4 is 5.73 Å². The van der Waals surface area contributed by atoms with E-state index in [1.807, 2.05) is 18.2 Å². The molecule has 0 aliphatic rings. The second-order valence-corrected chi connectivity index (χ2v) is 4.92. The van der Waals surface area contributed by atoms with Gasteiger partial charge in [0.2, 0.25) is 5.78 Å². The molecule has 2 N–H and O–H groups in total. The van der Waals surface area contributed by atoms with Crippen LogP contribution in [0.1, 0.15) is 16.1 Å². The first-order valence-electron chi connectivity index (χ1n) is 6.79. The van der Waals surface area contributed by atoms with Gasteiger partial charge in [0.05, 0.1) is 4.92 Å². The molecule has 3 aromatic rings.